The zero-order valence-electron chi connectivity index (χ0n) is 7.69. The van der Waals surface area contributed by atoms with E-state index in [4.69, 9.17) is 5.26 Å². The molecule has 0 unspecified atom stereocenters. The molecule has 0 radical (unpaired) electrons. The summed E-state index contributed by atoms with van der Waals surface area (Å²) >= 11 is 0. The van der Waals surface area contributed by atoms with Crippen molar-refractivity contribution in [3.05, 3.63) is 23.9 Å². The Morgan fingerprint density at radius 2 is 2.43 bits per heavy atom. The molecular formula is C10H9N3O. The zero-order valence-corrected chi connectivity index (χ0v) is 7.69. The van der Waals surface area contributed by atoms with Gasteiger partial charge in [-0.15, -0.1) is 0 Å². The van der Waals surface area contributed by atoms with Crippen molar-refractivity contribution in [3.8, 4) is 6.07 Å². The molecule has 2 heterocycles. The second-order valence-electron chi connectivity index (χ2n) is 3.33. The van der Waals surface area contributed by atoms with Crippen LogP contribution in [0.2, 0.25) is 0 Å². The number of hydrogen-bond donors (Lipinski definition) is 1. The van der Waals surface area contributed by atoms with Crippen molar-refractivity contribution in [2.24, 2.45) is 10.9 Å². The van der Waals surface area contributed by atoms with E-state index in [9.17, 15) is 4.79 Å². The molecule has 0 aromatic rings. The van der Waals surface area contributed by atoms with E-state index in [1.54, 1.807) is 12.3 Å². The minimum absolute atomic E-state index is 0.0346. The molecule has 0 saturated heterocycles. The molecule has 0 bridgehead atoms. The van der Waals surface area contributed by atoms with Gasteiger partial charge in [0.05, 0.1) is 6.04 Å². The van der Waals surface area contributed by atoms with Gasteiger partial charge in [-0.3, -0.25) is 9.79 Å². The molecule has 4 nitrogen and oxygen atoms in total. The van der Waals surface area contributed by atoms with Crippen LogP contribution in [0.15, 0.2) is 28.9 Å². The van der Waals surface area contributed by atoms with Gasteiger partial charge in [-0.05, 0) is 19.1 Å². The summed E-state index contributed by atoms with van der Waals surface area (Å²) in [7, 11) is 0. The van der Waals surface area contributed by atoms with Crippen molar-refractivity contribution in [3.63, 3.8) is 0 Å². The van der Waals surface area contributed by atoms with Gasteiger partial charge in [-0.25, -0.2) is 0 Å². The second-order valence-corrected chi connectivity index (χ2v) is 3.33. The molecule has 0 fully saturated rings. The number of carbonyl (C=O) groups is 1. The largest absolute Gasteiger partial charge is 0.344 e. The number of nitrogens with zero attached hydrogens (tertiary/aromatic N) is 2. The Morgan fingerprint density at radius 1 is 1.64 bits per heavy atom. The smallest absolute Gasteiger partial charge is 0.262 e. The van der Waals surface area contributed by atoms with E-state index in [1.165, 1.54) is 0 Å². The molecule has 1 amide bonds. The normalized spacial score (nSPS) is 29.6. The number of fused-ring (bicyclic) bond motifs is 1. The quantitative estimate of drug-likeness (QED) is 0.601. The standard InChI is InChI=1S/C10H9N3O/c1-6-8-4-7(5-11)10(14)13-9(8)2-3-12-6/h2-4,8-9H,1H3,(H,13,14)/t8-,9+/m1/s1. The van der Waals surface area contributed by atoms with Crippen molar-refractivity contribution in [2.45, 2.75) is 13.0 Å². The zero-order chi connectivity index (χ0) is 10.1. The summed E-state index contributed by atoms with van der Waals surface area (Å²) in [5.41, 5.74) is 1.10. The number of nitrogens with one attached hydrogen (secondary N) is 1. The number of carbonyl (C=O) groups excluding carboxylic acids is 1. The number of amides is 1. The first-order valence-corrected chi connectivity index (χ1v) is 4.36. The third kappa shape index (κ3) is 1.23. The van der Waals surface area contributed by atoms with Crippen LogP contribution in [0.3, 0.4) is 0 Å². The molecule has 2 aliphatic heterocycles. The van der Waals surface area contributed by atoms with Gasteiger partial charge >= 0.3 is 0 Å². The van der Waals surface area contributed by atoms with Crippen molar-refractivity contribution in [1.82, 2.24) is 5.32 Å². The molecule has 14 heavy (non-hydrogen) atoms. The van der Waals surface area contributed by atoms with Crippen LogP contribution in [0.5, 0.6) is 0 Å². The van der Waals surface area contributed by atoms with E-state index in [0.717, 1.165) is 5.71 Å². The summed E-state index contributed by atoms with van der Waals surface area (Å²) in [6.07, 6.45) is 5.20. The van der Waals surface area contributed by atoms with E-state index in [2.05, 4.69) is 10.3 Å². The first-order valence-electron chi connectivity index (χ1n) is 4.36. The molecule has 2 rings (SSSR count). The van der Waals surface area contributed by atoms with Gasteiger partial charge in [-0.1, -0.05) is 0 Å². The molecule has 0 aromatic heterocycles. The second kappa shape index (κ2) is 3.11. The van der Waals surface area contributed by atoms with Crippen LogP contribution in [0.1, 0.15) is 6.92 Å². The minimum atomic E-state index is -0.298. The van der Waals surface area contributed by atoms with Crippen molar-refractivity contribution >= 4 is 11.6 Å². The van der Waals surface area contributed by atoms with Crippen LogP contribution in [0.25, 0.3) is 0 Å². The maximum Gasteiger partial charge on any atom is 0.262 e. The molecule has 4 heteroatoms. The van der Waals surface area contributed by atoms with Crippen molar-refractivity contribution in [1.29, 1.82) is 5.26 Å². The lowest BCUT2D eigenvalue weighted by Crippen LogP contribution is -2.46. The maximum absolute atomic E-state index is 11.3. The third-order valence-corrected chi connectivity index (χ3v) is 2.45. The number of hydrogen-bond acceptors (Lipinski definition) is 3. The van der Waals surface area contributed by atoms with Crippen LogP contribution in [0.4, 0.5) is 0 Å². The molecule has 0 aliphatic carbocycles. The summed E-state index contributed by atoms with van der Waals surface area (Å²) < 4.78 is 0. The third-order valence-electron chi connectivity index (χ3n) is 2.45. The summed E-state index contributed by atoms with van der Waals surface area (Å²) in [5.74, 6) is -0.263. The lowest BCUT2D eigenvalue weighted by atomic mass is 9.88. The Bertz CT molecular complexity index is 412. The summed E-state index contributed by atoms with van der Waals surface area (Å²) in [4.78, 5) is 15.5. The molecule has 70 valence electrons. The van der Waals surface area contributed by atoms with E-state index >= 15 is 0 Å². The van der Waals surface area contributed by atoms with Gasteiger partial charge in [0.2, 0.25) is 0 Å². The van der Waals surface area contributed by atoms with Crippen LogP contribution in [0, 0.1) is 17.2 Å². The molecule has 0 spiro atoms. The van der Waals surface area contributed by atoms with Gasteiger partial charge in [0, 0.05) is 17.8 Å². The highest BCUT2D eigenvalue weighted by molar-refractivity contribution is 6.01. The average molecular weight is 187 g/mol. The van der Waals surface area contributed by atoms with E-state index < -0.39 is 0 Å². The molecule has 1 N–H and O–H groups in total. The molecular weight excluding hydrogens is 178 g/mol. The van der Waals surface area contributed by atoms with Crippen LogP contribution < -0.4 is 5.32 Å². The topological polar surface area (TPSA) is 65.2 Å². The van der Waals surface area contributed by atoms with E-state index in [-0.39, 0.29) is 23.4 Å². The fraction of sp³-hybridized carbons (Fsp3) is 0.300. The highest BCUT2D eigenvalue weighted by Gasteiger charge is 2.30. The van der Waals surface area contributed by atoms with Crippen molar-refractivity contribution in [2.75, 3.05) is 0 Å². The summed E-state index contributed by atoms with van der Waals surface area (Å²) in [6.45, 7) is 1.89. The van der Waals surface area contributed by atoms with Gasteiger partial charge in [0.1, 0.15) is 11.6 Å². The Balaban J connectivity index is 2.40. The van der Waals surface area contributed by atoms with Gasteiger partial charge in [-0.2, -0.15) is 5.26 Å². The lowest BCUT2D eigenvalue weighted by molar-refractivity contribution is -0.118. The minimum Gasteiger partial charge on any atom is -0.344 e. The number of nitriles is 1. The van der Waals surface area contributed by atoms with Crippen LogP contribution in [-0.2, 0) is 4.79 Å². The molecule has 0 saturated carbocycles. The fourth-order valence-corrected chi connectivity index (χ4v) is 1.65. The van der Waals surface area contributed by atoms with Crippen LogP contribution >= 0.6 is 0 Å². The van der Waals surface area contributed by atoms with Gasteiger partial charge in [0.25, 0.3) is 5.91 Å². The van der Waals surface area contributed by atoms with Gasteiger partial charge < -0.3 is 5.32 Å². The Morgan fingerprint density at radius 3 is 3.14 bits per heavy atom. The highest BCUT2D eigenvalue weighted by Crippen LogP contribution is 2.20. The number of aliphatic imine (C=N–C) groups is 1. The van der Waals surface area contributed by atoms with Gasteiger partial charge in [0.15, 0.2) is 0 Å². The van der Waals surface area contributed by atoms with Crippen molar-refractivity contribution < 1.29 is 4.79 Å². The summed E-state index contributed by atoms with van der Waals surface area (Å²) in [5, 5.41) is 11.5. The highest BCUT2D eigenvalue weighted by atomic mass is 16.1. The van der Waals surface area contributed by atoms with E-state index in [1.807, 2.05) is 19.1 Å². The number of rotatable bonds is 0. The first kappa shape index (κ1) is 8.70. The average Bonchev–Trinajstić information content (AvgIpc) is 2.17. The summed E-state index contributed by atoms with van der Waals surface area (Å²) in [6, 6.07) is 1.83. The molecule has 2 atom stereocenters. The van der Waals surface area contributed by atoms with E-state index in [0.29, 0.717) is 0 Å². The molecule has 0 aromatic carbocycles. The Kier molecular flexibility index (Phi) is 1.93. The first-order chi connectivity index (χ1) is 6.72. The fourth-order valence-electron chi connectivity index (χ4n) is 1.65. The van der Waals surface area contributed by atoms with Crippen LogP contribution in [-0.4, -0.2) is 17.7 Å². The predicted octanol–water partition coefficient (Wildman–Crippen LogP) is 0.539. The Hall–Kier alpha value is -1.89. The Labute approximate surface area is 81.6 Å². The SMILES string of the molecule is CC1=NC=C[C@@H]2NC(=O)C(C#N)=C[C@H]12. The monoisotopic (exact) mass is 187 g/mol. The lowest BCUT2D eigenvalue weighted by Gasteiger charge is -2.28. The predicted molar refractivity (Wildman–Crippen MR) is 51.4 cm³/mol. The maximum atomic E-state index is 11.3. The molecule has 2 aliphatic rings.